The summed E-state index contributed by atoms with van der Waals surface area (Å²) >= 11 is 1.45. The molecular formula is C14H15NO4S2. The Kier molecular flexibility index (Phi) is 5.11. The maximum Gasteiger partial charge on any atom is 0.304 e. The lowest BCUT2D eigenvalue weighted by Gasteiger charge is -2.17. The van der Waals surface area contributed by atoms with Crippen LogP contribution >= 0.6 is 11.3 Å². The van der Waals surface area contributed by atoms with Gasteiger partial charge in [0.1, 0.15) is 0 Å². The minimum Gasteiger partial charge on any atom is -0.481 e. The van der Waals surface area contributed by atoms with E-state index in [0.717, 1.165) is 10.4 Å². The second kappa shape index (κ2) is 6.84. The number of thiophene rings is 1. The zero-order valence-corrected chi connectivity index (χ0v) is 12.7. The van der Waals surface area contributed by atoms with Crippen LogP contribution in [0, 0.1) is 0 Å². The predicted octanol–water partition coefficient (Wildman–Crippen LogP) is 2.23. The van der Waals surface area contributed by atoms with Gasteiger partial charge in [-0.1, -0.05) is 36.4 Å². The molecule has 1 aromatic heterocycles. The summed E-state index contributed by atoms with van der Waals surface area (Å²) in [6.07, 6.45) is -0.415. The number of aliphatic carboxylic acids is 1. The van der Waals surface area contributed by atoms with Crippen LogP contribution in [0.4, 0.5) is 0 Å². The van der Waals surface area contributed by atoms with E-state index >= 15 is 0 Å². The standard InChI is InChI=1S/C14H15NO4S2/c16-13(17)8-10-21(18,19)15-14(12-7-4-9-20-12)11-5-2-1-3-6-11/h1-7,9,14-15H,8,10H2,(H,16,17). The highest BCUT2D eigenvalue weighted by atomic mass is 32.2. The van der Waals surface area contributed by atoms with E-state index in [-0.39, 0.29) is 0 Å². The zero-order chi connectivity index (χ0) is 15.3. The molecule has 0 aliphatic rings. The maximum absolute atomic E-state index is 12.0. The smallest absolute Gasteiger partial charge is 0.304 e. The summed E-state index contributed by atoms with van der Waals surface area (Å²) in [6, 6.07) is 12.4. The van der Waals surface area contributed by atoms with Crippen LogP contribution in [-0.4, -0.2) is 25.2 Å². The Morgan fingerprint density at radius 3 is 2.48 bits per heavy atom. The molecule has 0 aliphatic heterocycles. The van der Waals surface area contributed by atoms with E-state index in [9.17, 15) is 13.2 Å². The van der Waals surface area contributed by atoms with Gasteiger partial charge in [0.25, 0.3) is 0 Å². The van der Waals surface area contributed by atoms with Gasteiger partial charge in [-0.15, -0.1) is 11.3 Å². The first-order valence-electron chi connectivity index (χ1n) is 6.28. The Morgan fingerprint density at radius 2 is 1.90 bits per heavy atom. The van der Waals surface area contributed by atoms with Crippen molar-refractivity contribution < 1.29 is 18.3 Å². The average molecular weight is 325 g/mol. The van der Waals surface area contributed by atoms with Crippen molar-refractivity contribution in [2.75, 3.05) is 5.75 Å². The topological polar surface area (TPSA) is 83.5 Å². The molecule has 1 atom stereocenters. The summed E-state index contributed by atoms with van der Waals surface area (Å²) in [5.41, 5.74) is 0.818. The molecule has 2 rings (SSSR count). The molecule has 2 aromatic rings. The molecule has 0 saturated heterocycles. The number of sulfonamides is 1. The van der Waals surface area contributed by atoms with Crippen molar-refractivity contribution in [1.29, 1.82) is 0 Å². The van der Waals surface area contributed by atoms with E-state index in [1.54, 1.807) is 0 Å². The van der Waals surface area contributed by atoms with Gasteiger partial charge in [-0.25, -0.2) is 13.1 Å². The van der Waals surface area contributed by atoms with Gasteiger partial charge in [0.2, 0.25) is 10.0 Å². The van der Waals surface area contributed by atoms with E-state index < -0.39 is 34.2 Å². The van der Waals surface area contributed by atoms with Crippen molar-refractivity contribution in [3.8, 4) is 0 Å². The van der Waals surface area contributed by atoms with Gasteiger partial charge >= 0.3 is 5.97 Å². The third-order valence-electron chi connectivity index (χ3n) is 2.84. The van der Waals surface area contributed by atoms with Gasteiger partial charge in [-0.05, 0) is 17.0 Å². The molecule has 0 radical (unpaired) electrons. The number of hydrogen-bond acceptors (Lipinski definition) is 4. The highest BCUT2D eigenvalue weighted by molar-refractivity contribution is 7.89. The van der Waals surface area contributed by atoms with Crippen LogP contribution in [0.1, 0.15) is 22.9 Å². The fraction of sp³-hybridized carbons (Fsp3) is 0.214. The van der Waals surface area contributed by atoms with E-state index in [1.807, 2.05) is 47.8 Å². The van der Waals surface area contributed by atoms with Gasteiger partial charge in [-0.3, -0.25) is 4.79 Å². The van der Waals surface area contributed by atoms with Crippen LogP contribution in [0.25, 0.3) is 0 Å². The Balaban J connectivity index is 2.24. The van der Waals surface area contributed by atoms with Crippen LogP contribution < -0.4 is 4.72 Å². The minimum absolute atomic E-state index is 0.415. The number of carboxylic acids is 1. The summed E-state index contributed by atoms with van der Waals surface area (Å²) < 4.78 is 26.7. The molecule has 0 aliphatic carbocycles. The molecule has 0 saturated carbocycles. The number of hydrogen-bond donors (Lipinski definition) is 2. The zero-order valence-electron chi connectivity index (χ0n) is 11.1. The highest BCUT2D eigenvalue weighted by Crippen LogP contribution is 2.26. The second-order valence-electron chi connectivity index (χ2n) is 4.44. The van der Waals surface area contributed by atoms with Crippen molar-refractivity contribution in [3.63, 3.8) is 0 Å². The van der Waals surface area contributed by atoms with E-state index in [4.69, 9.17) is 5.11 Å². The fourth-order valence-corrected chi connectivity index (χ4v) is 3.91. The lowest BCUT2D eigenvalue weighted by Crippen LogP contribution is -2.31. The van der Waals surface area contributed by atoms with Crippen LogP contribution in [0.5, 0.6) is 0 Å². The lowest BCUT2D eigenvalue weighted by molar-refractivity contribution is -0.136. The Bertz CT molecular complexity index is 681. The number of carbonyl (C=O) groups is 1. The molecule has 0 bridgehead atoms. The first kappa shape index (κ1) is 15.7. The molecule has 1 aromatic carbocycles. The number of benzene rings is 1. The minimum atomic E-state index is -3.67. The first-order chi connectivity index (χ1) is 9.98. The van der Waals surface area contributed by atoms with Gasteiger partial charge in [0.05, 0.1) is 18.2 Å². The van der Waals surface area contributed by atoms with E-state index in [2.05, 4.69) is 4.72 Å². The van der Waals surface area contributed by atoms with Crippen molar-refractivity contribution in [1.82, 2.24) is 4.72 Å². The van der Waals surface area contributed by atoms with Crippen LogP contribution in [0.15, 0.2) is 47.8 Å². The van der Waals surface area contributed by atoms with E-state index in [0.29, 0.717) is 0 Å². The largest absolute Gasteiger partial charge is 0.481 e. The van der Waals surface area contributed by atoms with E-state index in [1.165, 1.54) is 11.3 Å². The Hall–Kier alpha value is -1.70. The number of nitrogens with one attached hydrogen (secondary N) is 1. The molecule has 112 valence electrons. The molecule has 0 amide bonds. The quantitative estimate of drug-likeness (QED) is 0.818. The summed E-state index contributed by atoms with van der Waals surface area (Å²) in [5.74, 6) is -1.57. The Morgan fingerprint density at radius 1 is 1.19 bits per heavy atom. The van der Waals surface area contributed by atoms with Crippen molar-refractivity contribution in [2.24, 2.45) is 0 Å². The van der Waals surface area contributed by atoms with Crippen LogP contribution in [0.2, 0.25) is 0 Å². The number of carboxylic acid groups (broad SMARTS) is 1. The Labute approximate surface area is 127 Å². The summed E-state index contributed by atoms with van der Waals surface area (Å²) in [4.78, 5) is 11.4. The van der Waals surface area contributed by atoms with Crippen molar-refractivity contribution in [2.45, 2.75) is 12.5 Å². The molecule has 2 N–H and O–H groups in total. The fourth-order valence-electron chi connectivity index (χ4n) is 1.85. The maximum atomic E-state index is 12.0. The molecular weight excluding hydrogens is 310 g/mol. The molecule has 1 heterocycles. The van der Waals surface area contributed by atoms with Crippen molar-refractivity contribution in [3.05, 3.63) is 58.3 Å². The highest BCUT2D eigenvalue weighted by Gasteiger charge is 2.22. The van der Waals surface area contributed by atoms with Gasteiger partial charge in [0, 0.05) is 4.88 Å². The molecule has 5 nitrogen and oxygen atoms in total. The molecule has 21 heavy (non-hydrogen) atoms. The van der Waals surface area contributed by atoms with Crippen LogP contribution in [-0.2, 0) is 14.8 Å². The van der Waals surface area contributed by atoms with Crippen molar-refractivity contribution >= 4 is 27.3 Å². The third kappa shape index (κ3) is 4.66. The second-order valence-corrected chi connectivity index (χ2v) is 7.29. The normalized spacial score (nSPS) is 13.0. The summed E-state index contributed by atoms with van der Waals surface area (Å²) in [7, 11) is -3.67. The lowest BCUT2D eigenvalue weighted by atomic mass is 10.1. The van der Waals surface area contributed by atoms with Gasteiger partial charge < -0.3 is 5.11 Å². The molecule has 0 fully saturated rings. The molecule has 1 unspecified atom stereocenters. The first-order valence-corrected chi connectivity index (χ1v) is 8.81. The van der Waals surface area contributed by atoms with Crippen LogP contribution in [0.3, 0.4) is 0 Å². The van der Waals surface area contributed by atoms with Gasteiger partial charge in [0.15, 0.2) is 0 Å². The monoisotopic (exact) mass is 325 g/mol. The predicted molar refractivity (Wildman–Crippen MR) is 81.8 cm³/mol. The summed E-state index contributed by atoms with van der Waals surface area (Å²) in [6.45, 7) is 0. The SMILES string of the molecule is O=C(O)CCS(=O)(=O)NC(c1ccccc1)c1cccs1. The summed E-state index contributed by atoms with van der Waals surface area (Å²) in [5, 5.41) is 10.5. The molecule has 7 heteroatoms. The third-order valence-corrected chi connectivity index (χ3v) is 5.12. The number of rotatable bonds is 7. The average Bonchev–Trinajstić information content (AvgIpc) is 2.98. The van der Waals surface area contributed by atoms with Gasteiger partial charge in [-0.2, -0.15) is 0 Å². The molecule has 0 spiro atoms.